The molecule has 1 atom stereocenters. The largest absolute Gasteiger partial charge is 0.490 e. The zero-order chi connectivity index (χ0) is 9.97. The van der Waals surface area contributed by atoms with Crippen LogP contribution in [0.1, 0.15) is 11.1 Å². The average Bonchev–Trinajstić information content (AvgIpc) is 2.56. The van der Waals surface area contributed by atoms with Crippen molar-refractivity contribution in [2.75, 3.05) is 6.54 Å². The fourth-order valence-corrected chi connectivity index (χ4v) is 1.68. The van der Waals surface area contributed by atoms with Crippen molar-refractivity contribution in [3.63, 3.8) is 0 Å². The van der Waals surface area contributed by atoms with Gasteiger partial charge in [0, 0.05) is 11.3 Å². The highest BCUT2D eigenvalue weighted by atomic mass is 16.5. The van der Waals surface area contributed by atoms with E-state index in [-0.39, 0.29) is 6.10 Å². The maximum absolute atomic E-state index is 8.19. The summed E-state index contributed by atoms with van der Waals surface area (Å²) in [5.41, 5.74) is 10.6. The lowest BCUT2D eigenvalue weighted by Gasteiger charge is -2.05. The second kappa shape index (κ2) is 3.60. The lowest BCUT2D eigenvalue weighted by atomic mass is 10.1. The SMILES string of the molecule is Cc1ccc2c(c1)C[C@@H](CN=[N+]=[N-])O2. The van der Waals surface area contributed by atoms with Crippen molar-refractivity contribution in [2.45, 2.75) is 19.4 Å². The minimum atomic E-state index is 0.0164. The first kappa shape index (κ1) is 8.91. The molecule has 0 aliphatic carbocycles. The fraction of sp³-hybridized carbons (Fsp3) is 0.400. The van der Waals surface area contributed by atoms with E-state index in [4.69, 9.17) is 10.3 Å². The molecule has 4 heteroatoms. The number of hydrogen-bond donors (Lipinski definition) is 0. The summed E-state index contributed by atoms with van der Waals surface area (Å²) in [5.74, 6) is 0.925. The molecule has 14 heavy (non-hydrogen) atoms. The van der Waals surface area contributed by atoms with Crippen molar-refractivity contribution in [1.82, 2.24) is 0 Å². The molecule has 0 N–H and O–H groups in total. The Morgan fingerprint density at radius 3 is 3.29 bits per heavy atom. The topological polar surface area (TPSA) is 58.0 Å². The van der Waals surface area contributed by atoms with E-state index in [1.54, 1.807) is 0 Å². The van der Waals surface area contributed by atoms with Gasteiger partial charge in [-0.15, -0.1) is 0 Å². The van der Waals surface area contributed by atoms with Crippen molar-refractivity contribution in [3.8, 4) is 5.75 Å². The molecule has 1 aromatic rings. The highest BCUT2D eigenvalue weighted by Gasteiger charge is 2.21. The molecule has 0 saturated heterocycles. The first-order chi connectivity index (χ1) is 6.79. The van der Waals surface area contributed by atoms with Gasteiger partial charge in [-0.25, -0.2) is 0 Å². The van der Waals surface area contributed by atoms with E-state index in [1.807, 2.05) is 12.1 Å². The molecular formula is C10H11N3O. The van der Waals surface area contributed by atoms with Gasteiger partial charge < -0.3 is 4.74 Å². The second-order valence-corrected chi connectivity index (χ2v) is 3.47. The van der Waals surface area contributed by atoms with Crippen LogP contribution in [0.4, 0.5) is 0 Å². The van der Waals surface area contributed by atoms with E-state index in [0.717, 1.165) is 12.2 Å². The van der Waals surface area contributed by atoms with Gasteiger partial charge >= 0.3 is 0 Å². The van der Waals surface area contributed by atoms with Crippen molar-refractivity contribution in [3.05, 3.63) is 39.8 Å². The van der Waals surface area contributed by atoms with Gasteiger partial charge in [0.2, 0.25) is 0 Å². The van der Waals surface area contributed by atoms with E-state index in [1.165, 1.54) is 11.1 Å². The third-order valence-corrected chi connectivity index (χ3v) is 2.31. The number of azide groups is 1. The van der Waals surface area contributed by atoms with Crippen molar-refractivity contribution in [2.24, 2.45) is 5.11 Å². The molecule has 2 rings (SSSR count). The molecular weight excluding hydrogens is 178 g/mol. The Morgan fingerprint density at radius 1 is 1.64 bits per heavy atom. The molecule has 72 valence electrons. The Balaban J connectivity index is 2.13. The smallest absolute Gasteiger partial charge is 0.123 e. The molecule has 0 radical (unpaired) electrons. The molecule has 0 unspecified atom stereocenters. The van der Waals surface area contributed by atoms with Crippen LogP contribution in [0.25, 0.3) is 10.4 Å². The molecule has 1 aliphatic rings. The van der Waals surface area contributed by atoms with Gasteiger partial charge in [-0.2, -0.15) is 0 Å². The number of fused-ring (bicyclic) bond motifs is 1. The predicted molar refractivity (Wildman–Crippen MR) is 53.3 cm³/mol. The van der Waals surface area contributed by atoms with Crippen LogP contribution in [0.15, 0.2) is 23.3 Å². The molecule has 0 fully saturated rings. The van der Waals surface area contributed by atoms with Gasteiger partial charge in [0.05, 0.1) is 6.54 Å². The van der Waals surface area contributed by atoms with Crippen LogP contribution in [-0.2, 0) is 6.42 Å². The summed E-state index contributed by atoms with van der Waals surface area (Å²) in [6.07, 6.45) is 0.860. The molecule has 0 spiro atoms. The van der Waals surface area contributed by atoms with Crippen molar-refractivity contribution >= 4 is 0 Å². The Labute approximate surface area is 82.1 Å². The van der Waals surface area contributed by atoms with E-state index < -0.39 is 0 Å². The monoisotopic (exact) mass is 189 g/mol. The van der Waals surface area contributed by atoms with Crippen molar-refractivity contribution < 1.29 is 4.74 Å². The molecule has 0 saturated carbocycles. The van der Waals surface area contributed by atoms with Crippen LogP contribution >= 0.6 is 0 Å². The van der Waals surface area contributed by atoms with Gasteiger partial charge in [-0.05, 0) is 24.1 Å². The summed E-state index contributed by atoms with van der Waals surface area (Å²) < 4.78 is 5.60. The average molecular weight is 189 g/mol. The van der Waals surface area contributed by atoms with Crippen LogP contribution in [-0.4, -0.2) is 12.6 Å². The lowest BCUT2D eigenvalue weighted by molar-refractivity contribution is 0.241. The zero-order valence-electron chi connectivity index (χ0n) is 7.97. The summed E-state index contributed by atoms with van der Waals surface area (Å²) in [5, 5.41) is 3.51. The maximum Gasteiger partial charge on any atom is 0.123 e. The Bertz CT molecular complexity index is 396. The Kier molecular flexibility index (Phi) is 2.29. The number of rotatable bonds is 2. The summed E-state index contributed by atoms with van der Waals surface area (Å²) >= 11 is 0. The third-order valence-electron chi connectivity index (χ3n) is 2.31. The van der Waals surface area contributed by atoms with Crippen LogP contribution < -0.4 is 4.74 Å². The van der Waals surface area contributed by atoms with Crippen molar-refractivity contribution in [1.29, 1.82) is 0 Å². The highest BCUT2D eigenvalue weighted by Crippen LogP contribution is 2.29. The minimum absolute atomic E-state index is 0.0164. The third kappa shape index (κ3) is 1.65. The summed E-state index contributed by atoms with van der Waals surface area (Å²) in [4.78, 5) is 2.72. The number of hydrogen-bond acceptors (Lipinski definition) is 2. The Hall–Kier alpha value is -1.67. The van der Waals surface area contributed by atoms with Crippen LogP contribution in [0, 0.1) is 6.92 Å². The number of ether oxygens (including phenoxy) is 1. The predicted octanol–water partition coefficient (Wildman–Crippen LogP) is 2.61. The summed E-state index contributed by atoms with van der Waals surface area (Å²) in [7, 11) is 0. The normalized spacial score (nSPS) is 18.2. The molecule has 0 amide bonds. The number of benzene rings is 1. The van der Waals surface area contributed by atoms with E-state index >= 15 is 0 Å². The maximum atomic E-state index is 8.19. The molecule has 1 aromatic carbocycles. The summed E-state index contributed by atoms with van der Waals surface area (Å²) in [6, 6.07) is 6.11. The minimum Gasteiger partial charge on any atom is -0.490 e. The quantitative estimate of drug-likeness (QED) is 0.400. The van der Waals surface area contributed by atoms with Gasteiger partial charge in [0.25, 0.3) is 0 Å². The zero-order valence-corrected chi connectivity index (χ0v) is 7.97. The summed E-state index contributed by atoms with van der Waals surface area (Å²) in [6.45, 7) is 2.46. The first-order valence-electron chi connectivity index (χ1n) is 4.56. The van der Waals surface area contributed by atoms with Crippen LogP contribution in [0.5, 0.6) is 5.75 Å². The molecule has 0 aromatic heterocycles. The molecule has 1 aliphatic heterocycles. The number of aryl methyl sites for hydroxylation is 1. The van der Waals surface area contributed by atoms with E-state index in [0.29, 0.717) is 6.54 Å². The van der Waals surface area contributed by atoms with Gasteiger partial charge in [-0.3, -0.25) is 0 Å². The van der Waals surface area contributed by atoms with Gasteiger partial charge in [0.15, 0.2) is 0 Å². The van der Waals surface area contributed by atoms with Crippen LogP contribution in [0.3, 0.4) is 0 Å². The highest BCUT2D eigenvalue weighted by molar-refractivity contribution is 5.40. The van der Waals surface area contributed by atoms with E-state index in [2.05, 4.69) is 23.0 Å². The molecule has 4 nitrogen and oxygen atoms in total. The van der Waals surface area contributed by atoms with Gasteiger partial charge in [-0.1, -0.05) is 22.8 Å². The number of nitrogens with zero attached hydrogens (tertiary/aromatic N) is 3. The van der Waals surface area contributed by atoms with E-state index in [9.17, 15) is 0 Å². The molecule has 0 bridgehead atoms. The first-order valence-corrected chi connectivity index (χ1v) is 4.56. The fourth-order valence-electron chi connectivity index (χ4n) is 1.68. The lowest BCUT2D eigenvalue weighted by Crippen LogP contribution is -2.16. The Morgan fingerprint density at radius 2 is 2.50 bits per heavy atom. The standard InChI is InChI=1S/C10H11N3O/c1-7-2-3-10-8(4-7)5-9(14-10)6-12-13-11/h2-4,9H,5-6H2,1H3/t9-/m0/s1. The second-order valence-electron chi connectivity index (χ2n) is 3.47. The van der Waals surface area contributed by atoms with Crippen LogP contribution in [0.2, 0.25) is 0 Å². The molecule has 1 heterocycles. The van der Waals surface area contributed by atoms with Gasteiger partial charge in [0.1, 0.15) is 11.9 Å².